The topological polar surface area (TPSA) is 71.9 Å². The number of carbonyl (C=O) groups is 1. The van der Waals surface area contributed by atoms with Crippen molar-refractivity contribution in [3.05, 3.63) is 54.2 Å². The predicted molar refractivity (Wildman–Crippen MR) is 83.7 cm³/mol. The van der Waals surface area contributed by atoms with Gasteiger partial charge in [0, 0.05) is 49.0 Å². The molecule has 0 spiro atoms. The molecule has 0 aliphatic carbocycles. The molecule has 3 aromatic rings. The third kappa shape index (κ3) is 2.95. The Morgan fingerprint density at radius 2 is 2.27 bits per heavy atom. The maximum Gasteiger partial charge on any atom is 0.406 e. The van der Waals surface area contributed by atoms with E-state index in [-0.39, 0.29) is 0 Å². The van der Waals surface area contributed by atoms with E-state index in [9.17, 15) is 4.79 Å². The molecule has 0 bridgehead atoms. The minimum Gasteiger partial charge on any atom is -0.453 e. The van der Waals surface area contributed by atoms with Crippen LogP contribution in [-0.4, -0.2) is 34.3 Å². The Morgan fingerprint density at radius 1 is 1.41 bits per heavy atom. The number of hydrogen-bond donors (Lipinski definition) is 2. The lowest BCUT2D eigenvalue weighted by Crippen LogP contribution is -2.26. The summed E-state index contributed by atoms with van der Waals surface area (Å²) in [5.41, 5.74) is 2.36. The van der Waals surface area contributed by atoms with Gasteiger partial charge in [0.2, 0.25) is 0 Å². The van der Waals surface area contributed by atoms with E-state index in [2.05, 4.69) is 42.9 Å². The third-order valence-corrected chi connectivity index (χ3v) is 3.59. The van der Waals surface area contributed by atoms with Crippen molar-refractivity contribution in [3.8, 4) is 0 Å². The van der Waals surface area contributed by atoms with Gasteiger partial charge in [0.05, 0.1) is 7.11 Å². The van der Waals surface area contributed by atoms with E-state index in [4.69, 9.17) is 0 Å². The normalized spacial score (nSPS) is 10.8. The minimum absolute atomic E-state index is 0.410. The molecule has 0 radical (unpaired) electrons. The SMILES string of the molecule is COC(=O)NCCn1cc(Cc2ncc[nH]2)c2ccccc21. The first-order valence-corrected chi connectivity index (χ1v) is 7.15. The van der Waals surface area contributed by atoms with Gasteiger partial charge in [-0.2, -0.15) is 0 Å². The minimum atomic E-state index is -0.410. The van der Waals surface area contributed by atoms with Crippen LogP contribution in [-0.2, 0) is 17.7 Å². The van der Waals surface area contributed by atoms with Gasteiger partial charge in [-0.3, -0.25) is 0 Å². The molecule has 0 atom stereocenters. The Kier molecular flexibility index (Phi) is 4.09. The molecule has 0 saturated carbocycles. The summed E-state index contributed by atoms with van der Waals surface area (Å²) in [7, 11) is 1.36. The van der Waals surface area contributed by atoms with E-state index in [1.54, 1.807) is 6.20 Å². The molecule has 114 valence electrons. The summed E-state index contributed by atoms with van der Waals surface area (Å²) in [4.78, 5) is 18.5. The van der Waals surface area contributed by atoms with Crippen molar-refractivity contribution in [1.82, 2.24) is 19.9 Å². The molecule has 6 nitrogen and oxygen atoms in total. The number of fused-ring (bicyclic) bond motifs is 1. The highest BCUT2D eigenvalue weighted by atomic mass is 16.5. The summed E-state index contributed by atoms with van der Waals surface area (Å²) >= 11 is 0. The Hall–Kier alpha value is -2.76. The molecule has 3 rings (SSSR count). The number of H-pyrrole nitrogens is 1. The number of para-hydroxylation sites is 1. The molecule has 0 fully saturated rings. The van der Waals surface area contributed by atoms with E-state index in [0.29, 0.717) is 13.1 Å². The summed E-state index contributed by atoms with van der Waals surface area (Å²) in [6.07, 6.45) is 6.05. The largest absolute Gasteiger partial charge is 0.453 e. The van der Waals surface area contributed by atoms with Crippen molar-refractivity contribution in [1.29, 1.82) is 0 Å². The molecule has 2 N–H and O–H groups in total. The van der Waals surface area contributed by atoms with Crippen molar-refractivity contribution in [2.24, 2.45) is 0 Å². The van der Waals surface area contributed by atoms with Gasteiger partial charge in [-0.25, -0.2) is 9.78 Å². The zero-order valence-electron chi connectivity index (χ0n) is 12.4. The number of rotatable bonds is 5. The maximum atomic E-state index is 11.1. The van der Waals surface area contributed by atoms with Crippen molar-refractivity contribution >= 4 is 17.0 Å². The van der Waals surface area contributed by atoms with Crippen LogP contribution in [0.15, 0.2) is 42.9 Å². The second-order valence-electron chi connectivity index (χ2n) is 5.00. The average molecular weight is 298 g/mol. The Labute approximate surface area is 128 Å². The number of nitrogens with zero attached hydrogens (tertiary/aromatic N) is 2. The maximum absolute atomic E-state index is 11.1. The number of alkyl carbamates (subject to hydrolysis) is 1. The van der Waals surface area contributed by atoms with Gasteiger partial charge in [-0.05, 0) is 11.6 Å². The van der Waals surface area contributed by atoms with Gasteiger partial charge in [-0.1, -0.05) is 18.2 Å². The third-order valence-electron chi connectivity index (χ3n) is 3.59. The number of imidazole rings is 1. The number of hydrogen-bond acceptors (Lipinski definition) is 3. The number of methoxy groups -OCH3 is 1. The van der Waals surface area contributed by atoms with Crippen LogP contribution in [0.1, 0.15) is 11.4 Å². The highest BCUT2D eigenvalue weighted by molar-refractivity contribution is 5.84. The summed E-state index contributed by atoms with van der Waals surface area (Å²) < 4.78 is 6.72. The number of ether oxygens (including phenoxy) is 1. The molecule has 0 aliphatic heterocycles. The number of benzene rings is 1. The highest BCUT2D eigenvalue weighted by Crippen LogP contribution is 2.22. The predicted octanol–water partition coefficient (Wildman–Crippen LogP) is 2.31. The van der Waals surface area contributed by atoms with E-state index in [0.717, 1.165) is 17.8 Å². The van der Waals surface area contributed by atoms with Crippen LogP contribution in [0.3, 0.4) is 0 Å². The van der Waals surface area contributed by atoms with Gasteiger partial charge < -0.3 is 19.6 Å². The lowest BCUT2D eigenvalue weighted by molar-refractivity contribution is 0.170. The number of carbonyl (C=O) groups excluding carboxylic acids is 1. The molecule has 2 heterocycles. The second-order valence-corrected chi connectivity index (χ2v) is 5.00. The van der Waals surface area contributed by atoms with Crippen molar-refractivity contribution in [3.63, 3.8) is 0 Å². The van der Waals surface area contributed by atoms with Crippen molar-refractivity contribution in [2.45, 2.75) is 13.0 Å². The smallest absolute Gasteiger partial charge is 0.406 e. The Morgan fingerprint density at radius 3 is 3.05 bits per heavy atom. The summed E-state index contributed by atoms with van der Waals surface area (Å²) in [6.45, 7) is 1.21. The van der Waals surface area contributed by atoms with Crippen LogP contribution in [0.5, 0.6) is 0 Å². The van der Waals surface area contributed by atoms with Crippen LogP contribution in [0.25, 0.3) is 10.9 Å². The molecule has 1 amide bonds. The zero-order valence-corrected chi connectivity index (χ0v) is 12.4. The first-order valence-electron chi connectivity index (χ1n) is 7.15. The van der Waals surface area contributed by atoms with Crippen LogP contribution < -0.4 is 5.32 Å². The van der Waals surface area contributed by atoms with E-state index >= 15 is 0 Å². The van der Waals surface area contributed by atoms with Crippen LogP contribution in [0, 0.1) is 0 Å². The highest BCUT2D eigenvalue weighted by Gasteiger charge is 2.10. The van der Waals surface area contributed by atoms with E-state index in [1.165, 1.54) is 18.1 Å². The van der Waals surface area contributed by atoms with Crippen LogP contribution in [0.2, 0.25) is 0 Å². The quantitative estimate of drug-likeness (QED) is 0.759. The number of aromatic nitrogens is 3. The molecule has 2 aromatic heterocycles. The van der Waals surface area contributed by atoms with Gasteiger partial charge in [0.25, 0.3) is 0 Å². The van der Waals surface area contributed by atoms with Crippen LogP contribution in [0.4, 0.5) is 4.79 Å². The number of amides is 1. The molecule has 0 unspecified atom stereocenters. The van der Waals surface area contributed by atoms with Crippen molar-refractivity contribution < 1.29 is 9.53 Å². The van der Waals surface area contributed by atoms with Crippen LogP contribution >= 0.6 is 0 Å². The molecular weight excluding hydrogens is 280 g/mol. The molecule has 6 heteroatoms. The van der Waals surface area contributed by atoms with E-state index < -0.39 is 6.09 Å². The fourth-order valence-corrected chi connectivity index (χ4v) is 2.57. The van der Waals surface area contributed by atoms with Gasteiger partial charge in [-0.15, -0.1) is 0 Å². The van der Waals surface area contributed by atoms with Gasteiger partial charge in [0.15, 0.2) is 0 Å². The fraction of sp³-hybridized carbons (Fsp3) is 0.250. The summed E-state index contributed by atoms with van der Waals surface area (Å²) in [5.74, 6) is 0.940. The lowest BCUT2D eigenvalue weighted by Gasteiger charge is -2.06. The summed E-state index contributed by atoms with van der Waals surface area (Å²) in [5, 5.41) is 3.91. The standard InChI is InChI=1S/C16H18N4O2/c1-22-16(21)19-8-9-20-11-12(10-15-17-6-7-18-15)13-4-2-3-5-14(13)20/h2-7,11H,8-10H2,1H3,(H,17,18)(H,19,21). The first kappa shape index (κ1) is 14.2. The first-order chi connectivity index (χ1) is 10.8. The lowest BCUT2D eigenvalue weighted by atomic mass is 10.1. The molecule has 0 saturated heterocycles. The fourth-order valence-electron chi connectivity index (χ4n) is 2.57. The van der Waals surface area contributed by atoms with E-state index in [1.807, 2.05) is 18.3 Å². The molecular formula is C16H18N4O2. The Bertz CT molecular complexity index is 762. The zero-order chi connectivity index (χ0) is 15.4. The van der Waals surface area contributed by atoms with Gasteiger partial charge >= 0.3 is 6.09 Å². The van der Waals surface area contributed by atoms with Crippen molar-refractivity contribution in [2.75, 3.05) is 13.7 Å². The number of nitrogens with one attached hydrogen (secondary N) is 2. The number of aromatic amines is 1. The second kappa shape index (κ2) is 6.34. The molecule has 1 aromatic carbocycles. The molecule has 22 heavy (non-hydrogen) atoms. The monoisotopic (exact) mass is 298 g/mol. The molecule has 0 aliphatic rings. The van der Waals surface area contributed by atoms with Gasteiger partial charge in [0.1, 0.15) is 5.82 Å². The Balaban J connectivity index is 1.82. The average Bonchev–Trinajstić information content (AvgIpc) is 3.17. The summed E-state index contributed by atoms with van der Waals surface area (Å²) in [6, 6.07) is 8.24.